The number of thioether (sulfide) groups is 1. The number of rotatable bonds is 5. The molecule has 0 bridgehead atoms. The van der Waals surface area contributed by atoms with Gasteiger partial charge >= 0.3 is 0 Å². The van der Waals surface area contributed by atoms with Crippen molar-refractivity contribution in [2.75, 3.05) is 6.26 Å². The first kappa shape index (κ1) is 13.8. The molecule has 7 nitrogen and oxygen atoms in total. The van der Waals surface area contributed by atoms with Crippen LogP contribution in [0.3, 0.4) is 0 Å². The molecule has 0 aliphatic carbocycles. The number of hydrogen-bond donors (Lipinski definition) is 1. The largest absolute Gasteiger partial charge is 0.337 e. The third-order valence-corrected chi connectivity index (χ3v) is 3.65. The van der Waals surface area contributed by atoms with E-state index in [1.807, 2.05) is 30.5 Å². The van der Waals surface area contributed by atoms with Crippen LogP contribution in [0.25, 0.3) is 11.4 Å². The molecule has 8 heteroatoms. The zero-order valence-corrected chi connectivity index (χ0v) is 12.2. The van der Waals surface area contributed by atoms with Crippen molar-refractivity contribution in [3.05, 3.63) is 42.0 Å². The maximum absolute atomic E-state index is 5.49. The monoisotopic (exact) mass is 302 g/mol. The maximum Gasteiger partial charge on any atom is 0.248 e. The van der Waals surface area contributed by atoms with E-state index in [1.165, 1.54) is 4.90 Å². The van der Waals surface area contributed by atoms with E-state index in [9.17, 15) is 0 Å². The fourth-order valence-electron chi connectivity index (χ4n) is 1.82. The summed E-state index contributed by atoms with van der Waals surface area (Å²) < 4.78 is 6.86. The van der Waals surface area contributed by atoms with Crippen molar-refractivity contribution in [2.45, 2.75) is 18.0 Å². The van der Waals surface area contributed by atoms with Crippen LogP contribution < -0.4 is 5.73 Å². The maximum atomic E-state index is 5.49. The molecule has 2 heterocycles. The van der Waals surface area contributed by atoms with Crippen molar-refractivity contribution < 1.29 is 4.52 Å². The van der Waals surface area contributed by atoms with Crippen LogP contribution in [0.15, 0.2) is 39.9 Å². The van der Waals surface area contributed by atoms with Gasteiger partial charge in [-0.2, -0.15) is 4.98 Å². The van der Waals surface area contributed by atoms with Crippen molar-refractivity contribution in [3.8, 4) is 11.4 Å². The van der Waals surface area contributed by atoms with Gasteiger partial charge in [0.15, 0.2) is 0 Å². The molecule has 0 saturated heterocycles. The Morgan fingerprint density at radius 2 is 2.10 bits per heavy atom. The molecule has 0 saturated carbocycles. The van der Waals surface area contributed by atoms with Gasteiger partial charge in [-0.3, -0.25) is 0 Å². The Labute approximate surface area is 125 Å². The summed E-state index contributed by atoms with van der Waals surface area (Å²) in [5.74, 6) is 1.05. The van der Waals surface area contributed by atoms with Crippen LogP contribution in [0.2, 0.25) is 0 Å². The highest BCUT2D eigenvalue weighted by molar-refractivity contribution is 7.98. The van der Waals surface area contributed by atoms with Gasteiger partial charge in [0.05, 0.1) is 11.9 Å². The highest BCUT2D eigenvalue weighted by Gasteiger charge is 2.10. The van der Waals surface area contributed by atoms with Crippen LogP contribution >= 0.6 is 11.8 Å². The molecule has 1 aromatic carbocycles. The molecule has 2 N–H and O–H groups in total. The minimum atomic E-state index is 0.358. The summed E-state index contributed by atoms with van der Waals surface area (Å²) in [6.07, 6.45) is 3.80. The zero-order valence-electron chi connectivity index (χ0n) is 11.4. The van der Waals surface area contributed by atoms with Crippen LogP contribution in [0.1, 0.15) is 11.6 Å². The van der Waals surface area contributed by atoms with E-state index < -0.39 is 0 Å². The van der Waals surface area contributed by atoms with Gasteiger partial charge in [-0.05, 0) is 30.5 Å². The lowest BCUT2D eigenvalue weighted by molar-refractivity contribution is 0.364. The van der Waals surface area contributed by atoms with Crippen molar-refractivity contribution in [1.29, 1.82) is 0 Å². The van der Waals surface area contributed by atoms with E-state index >= 15 is 0 Å². The Hall–Kier alpha value is -2.19. The Kier molecular flexibility index (Phi) is 3.98. The molecule has 0 unspecified atom stereocenters. The van der Waals surface area contributed by atoms with Gasteiger partial charge < -0.3 is 10.3 Å². The minimum Gasteiger partial charge on any atom is -0.337 e. The molecule has 108 valence electrons. The summed E-state index contributed by atoms with van der Waals surface area (Å²) in [5, 5.41) is 11.8. The normalized spacial score (nSPS) is 11.0. The van der Waals surface area contributed by atoms with E-state index in [1.54, 1.807) is 22.6 Å². The molecular weight excluding hydrogens is 288 g/mol. The van der Waals surface area contributed by atoms with E-state index in [0.29, 0.717) is 24.8 Å². The van der Waals surface area contributed by atoms with Crippen LogP contribution in [0.5, 0.6) is 0 Å². The molecule has 3 aromatic rings. The van der Waals surface area contributed by atoms with Gasteiger partial charge in [0.1, 0.15) is 6.54 Å². The highest BCUT2D eigenvalue weighted by atomic mass is 32.2. The summed E-state index contributed by atoms with van der Waals surface area (Å²) in [6, 6.07) is 8.01. The van der Waals surface area contributed by atoms with Crippen molar-refractivity contribution in [2.24, 2.45) is 5.73 Å². The van der Waals surface area contributed by atoms with Crippen LogP contribution in [0.4, 0.5) is 0 Å². The van der Waals surface area contributed by atoms with E-state index in [-0.39, 0.29) is 0 Å². The Bertz CT molecular complexity index is 720. The molecule has 0 fully saturated rings. The molecule has 2 aromatic heterocycles. The van der Waals surface area contributed by atoms with Gasteiger partial charge in [-0.25, -0.2) is 4.68 Å². The number of nitrogens with zero attached hydrogens (tertiary/aromatic N) is 5. The average molecular weight is 302 g/mol. The van der Waals surface area contributed by atoms with E-state index in [2.05, 4.69) is 20.5 Å². The SMILES string of the molecule is CSc1ccc(-c2noc(Cn3cc(CN)nn3)n2)cc1. The van der Waals surface area contributed by atoms with E-state index in [4.69, 9.17) is 10.3 Å². The Morgan fingerprint density at radius 1 is 1.29 bits per heavy atom. The predicted octanol–water partition coefficient (Wildman–Crippen LogP) is 1.56. The van der Waals surface area contributed by atoms with Gasteiger partial charge in [0, 0.05) is 17.0 Å². The smallest absolute Gasteiger partial charge is 0.248 e. The molecule has 3 rings (SSSR count). The zero-order chi connectivity index (χ0) is 14.7. The Balaban J connectivity index is 1.75. The average Bonchev–Trinajstić information content (AvgIpc) is 3.17. The second-order valence-electron chi connectivity index (χ2n) is 4.35. The van der Waals surface area contributed by atoms with Crippen LogP contribution in [-0.2, 0) is 13.1 Å². The summed E-state index contributed by atoms with van der Waals surface area (Å²) in [7, 11) is 0. The lowest BCUT2D eigenvalue weighted by Gasteiger charge is -1.96. The predicted molar refractivity (Wildman–Crippen MR) is 78.5 cm³/mol. The quantitative estimate of drug-likeness (QED) is 0.714. The van der Waals surface area contributed by atoms with Crippen molar-refractivity contribution in [3.63, 3.8) is 0 Å². The molecule has 0 spiro atoms. The van der Waals surface area contributed by atoms with Crippen LogP contribution in [-0.4, -0.2) is 31.4 Å². The molecule has 0 amide bonds. The number of nitrogens with two attached hydrogens (primary N) is 1. The lowest BCUT2D eigenvalue weighted by Crippen LogP contribution is -2.00. The van der Waals surface area contributed by atoms with Crippen LogP contribution in [0, 0.1) is 0 Å². The number of hydrogen-bond acceptors (Lipinski definition) is 7. The second-order valence-corrected chi connectivity index (χ2v) is 5.23. The van der Waals surface area contributed by atoms with Crippen molar-refractivity contribution in [1.82, 2.24) is 25.1 Å². The standard InChI is InChI=1S/C13H14N6OS/c1-21-11-4-2-9(3-5-11)13-15-12(20-17-13)8-19-7-10(6-14)16-18-19/h2-5,7H,6,8,14H2,1H3. The molecule has 21 heavy (non-hydrogen) atoms. The summed E-state index contributed by atoms with van der Waals surface area (Å²) >= 11 is 1.69. The number of aromatic nitrogens is 5. The first-order valence-corrected chi connectivity index (χ1v) is 7.57. The summed E-state index contributed by atoms with van der Waals surface area (Å²) in [4.78, 5) is 5.56. The molecule has 0 aliphatic heterocycles. The molecule has 0 atom stereocenters. The third-order valence-electron chi connectivity index (χ3n) is 2.91. The number of benzene rings is 1. The highest BCUT2D eigenvalue weighted by Crippen LogP contribution is 2.20. The van der Waals surface area contributed by atoms with Gasteiger partial charge in [0.25, 0.3) is 0 Å². The first-order chi connectivity index (χ1) is 10.3. The summed E-state index contributed by atoms with van der Waals surface area (Å²) in [5.41, 5.74) is 7.14. The van der Waals surface area contributed by atoms with Crippen molar-refractivity contribution >= 4 is 11.8 Å². The fraction of sp³-hybridized carbons (Fsp3) is 0.231. The van der Waals surface area contributed by atoms with Gasteiger partial charge in [-0.15, -0.1) is 16.9 Å². The first-order valence-electron chi connectivity index (χ1n) is 6.34. The minimum absolute atomic E-state index is 0.358. The third kappa shape index (κ3) is 3.11. The summed E-state index contributed by atoms with van der Waals surface area (Å²) in [6.45, 7) is 0.736. The second kappa shape index (κ2) is 6.06. The fourth-order valence-corrected chi connectivity index (χ4v) is 2.23. The van der Waals surface area contributed by atoms with E-state index in [0.717, 1.165) is 11.3 Å². The Morgan fingerprint density at radius 3 is 2.76 bits per heavy atom. The van der Waals surface area contributed by atoms with Gasteiger partial charge in [-0.1, -0.05) is 10.4 Å². The molecule has 0 aliphatic rings. The molecule has 0 radical (unpaired) electrons. The van der Waals surface area contributed by atoms with Gasteiger partial charge in [0.2, 0.25) is 11.7 Å². The lowest BCUT2D eigenvalue weighted by atomic mass is 10.2. The topological polar surface area (TPSA) is 95.7 Å². The molecular formula is C13H14N6OS.